The van der Waals surface area contributed by atoms with Gasteiger partial charge in [-0.2, -0.15) is 13.2 Å². The second kappa shape index (κ2) is 9.78. The standard InChI is InChI=1S/C24H18ClF3O4/c1-15-7-12-20(23(29)30)21(25)22(15)32-19-6-2-5-18(14-19)31-13-3-4-16-8-10-17(11-9-16)24(26,27)28/h2-12,14H,13H2,1H3,(H,29,30). The van der Waals surface area contributed by atoms with Crippen molar-refractivity contribution in [3.63, 3.8) is 0 Å². The number of ether oxygens (including phenoxy) is 2. The molecule has 3 aromatic carbocycles. The van der Waals surface area contributed by atoms with Crippen molar-refractivity contribution in [2.24, 2.45) is 0 Å². The number of carboxylic acid groups (broad SMARTS) is 1. The number of halogens is 4. The van der Waals surface area contributed by atoms with Crippen LogP contribution in [0.3, 0.4) is 0 Å². The number of aromatic carboxylic acids is 1. The molecule has 3 rings (SSSR count). The van der Waals surface area contributed by atoms with Gasteiger partial charge in [0.15, 0.2) is 0 Å². The third-order valence-electron chi connectivity index (χ3n) is 4.44. The number of aryl methyl sites for hydroxylation is 1. The Hall–Kier alpha value is -3.45. The van der Waals surface area contributed by atoms with E-state index in [2.05, 4.69) is 0 Å². The molecule has 0 atom stereocenters. The van der Waals surface area contributed by atoms with Crippen molar-refractivity contribution in [1.29, 1.82) is 0 Å². The third kappa shape index (κ3) is 5.82. The fourth-order valence-corrected chi connectivity index (χ4v) is 3.13. The van der Waals surface area contributed by atoms with Crippen molar-refractivity contribution in [2.45, 2.75) is 13.1 Å². The zero-order valence-corrected chi connectivity index (χ0v) is 17.6. The Kier molecular flexibility index (Phi) is 7.10. The van der Waals surface area contributed by atoms with Crippen molar-refractivity contribution >= 4 is 23.6 Å². The Morgan fingerprint density at radius 3 is 2.41 bits per heavy atom. The minimum atomic E-state index is -4.36. The fourth-order valence-electron chi connectivity index (χ4n) is 2.80. The molecule has 32 heavy (non-hydrogen) atoms. The van der Waals surface area contributed by atoms with Gasteiger partial charge in [-0.25, -0.2) is 4.79 Å². The summed E-state index contributed by atoms with van der Waals surface area (Å²) in [6.45, 7) is 1.93. The molecule has 0 aliphatic carbocycles. The van der Waals surface area contributed by atoms with Crippen LogP contribution < -0.4 is 9.47 Å². The van der Waals surface area contributed by atoms with Crippen LogP contribution in [0.25, 0.3) is 6.08 Å². The van der Waals surface area contributed by atoms with Gasteiger partial charge >= 0.3 is 12.1 Å². The number of alkyl halides is 3. The Balaban J connectivity index is 1.64. The molecular formula is C24H18ClF3O4. The molecule has 0 heterocycles. The SMILES string of the molecule is Cc1ccc(C(=O)O)c(Cl)c1Oc1cccc(OCC=Cc2ccc(C(F)(F)F)cc2)c1. The summed E-state index contributed by atoms with van der Waals surface area (Å²) in [6.07, 6.45) is -1.04. The maximum Gasteiger partial charge on any atom is 0.416 e. The Labute approximate surface area is 187 Å². The lowest BCUT2D eigenvalue weighted by Crippen LogP contribution is -2.03. The molecule has 0 aliphatic heterocycles. The molecule has 0 radical (unpaired) electrons. The summed E-state index contributed by atoms with van der Waals surface area (Å²) in [5.41, 5.74) is 0.521. The van der Waals surface area contributed by atoms with E-state index in [-0.39, 0.29) is 22.9 Å². The van der Waals surface area contributed by atoms with Crippen LogP contribution in [-0.2, 0) is 6.18 Å². The Morgan fingerprint density at radius 2 is 1.75 bits per heavy atom. The second-order valence-corrected chi connectivity index (χ2v) is 7.17. The maximum atomic E-state index is 12.6. The van der Waals surface area contributed by atoms with Gasteiger partial charge in [0.2, 0.25) is 0 Å². The maximum absolute atomic E-state index is 12.6. The van der Waals surface area contributed by atoms with Crippen LogP contribution in [0.2, 0.25) is 5.02 Å². The second-order valence-electron chi connectivity index (χ2n) is 6.79. The third-order valence-corrected chi connectivity index (χ3v) is 4.82. The Morgan fingerprint density at radius 1 is 1.06 bits per heavy atom. The summed E-state index contributed by atoms with van der Waals surface area (Å²) < 4.78 is 49.2. The zero-order valence-electron chi connectivity index (χ0n) is 16.8. The smallest absolute Gasteiger partial charge is 0.416 e. The van der Waals surface area contributed by atoms with E-state index in [9.17, 15) is 23.1 Å². The first-order valence-corrected chi connectivity index (χ1v) is 9.80. The van der Waals surface area contributed by atoms with Gasteiger partial charge in [0.1, 0.15) is 23.9 Å². The lowest BCUT2D eigenvalue weighted by atomic mass is 10.1. The molecule has 0 bridgehead atoms. The van der Waals surface area contributed by atoms with Gasteiger partial charge in [0.25, 0.3) is 0 Å². The minimum Gasteiger partial charge on any atom is -0.489 e. The van der Waals surface area contributed by atoms with Crippen molar-refractivity contribution in [1.82, 2.24) is 0 Å². The summed E-state index contributed by atoms with van der Waals surface area (Å²) in [6, 6.07) is 14.5. The fraction of sp³-hybridized carbons (Fsp3) is 0.125. The first kappa shape index (κ1) is 23.2. The van der Waals surface area contributed by atoms with Crippen LogP contribution >= 0.6 is 11.6 Å². The first-order chi connectivity index (χ1) is 15.1. The van der Waals surface area contributed by atoms with Crippen LogP contribution in [0, 0.1) is 6.92 Å². The normalized spacial score (nSPS) is 11.5. The van der Waals surface area contributed by atoms with Crippen molar-refractivity contribution < 1.29 is 32.5 Å². The van der Waals surface area contributed by atoms with E-state index in [0.29, 0.717) is 22.6 Å². The van der Waals surface area contributed by atoms with E-state index in [4.69, 9.17) is 21.1 Å². The molecule has 8 heteroatoms. The molecule has 0 spiro atoms. The molecule has 3 aromatic rings. The molecule has 166 valence electrons. The molecule has 1 N–H and O–H groups in total. The predicted molar refractivity (Wildman–Crippen MR) is 116 cm³/mol. The topological polar surface area (TPSA) is 55.8 Å². The highest BCUT2D eigenvalue weighted by molar-refractivity contribution is 6.35. The summed E-state index contributed by atoms with van der Waals surface area (Å²) >= 11 is 6.19. The summed E-state index contributed by atoms with van der Waals surface area (Å²) in [7, 11) is 0. The number of hydrogen-bond acceptors (Lipinski definition) is 3. The van der Waals surface area contributed by atoms with Crippen LogP contribution in [0.4, 0.5) is 13.2 Å². The van der Waals surface area contributed by atoms with E-state index < -0.39 is 17.7 Å². The van der Waals surface area contributed by atoms with Crippen molar-refractivity contribution in [2.75, 3.05) is 6.61 Å². The van der Waals surface area contributed by atoms with Gasteiger partial charge in [-0.05, 0) is 54.5 Å². The van der Waals surface area contributed by atoms with E-state index >= 15 is 0 Å². The molecule has 0 unspecified atom stereocenters. The molecule has 4 nitrogen and oxygen atoms in total. The van der Waals surface area contributed by atoms with E-state index in [1.165, 1.54) is 18.2 Å². The highest BCUT2D eigenvalue weighted by Crippen LogP contribution is 2.36. The minimum absolute atomic E-state index is 0.00305. The van der Waals surface area contributed by atoms with E-state index in [1.54, 1.807) is 49.4 Å². The molecular weight excluding hydrogens is 445 g/mol. The molecule has 0 saturated carbocycles. The van der Waals surface area contributed by atoms with Gasteiger partial charge < -0.3 is 14.6 Å². The lowest BCUT2D eigenvalue weighted by Gasteiger charge is -2.13. The van der Waals surface area contributed by atoms with Crippen LogP contribution in [0.5, 0.6) is 17.2 Å². The predicted octanol–water partition coefficient (Wildman–Crippen LogP) is 7.25. The summed E-state index contributed by atoms with van der Waals surface area (Å²) in [5, 5.41) is 9.23. The van der Waals surface area contributed by atoms with Crippen molar-refractivity contribution in [3.05, 3.63) is 94.0 Å². The van der Waals surface area contributed by atoms with Gasteiger partial charge in [0, 0.05) is 6.07 Å². The van der Waals surface area contributed by atoms with Gasteiger partial charge in [0.05, 0.1) is 16.1 Å². The number of benzene rings is 3. The molecule has 0 fully saturated rings. The number of hydrogen-bond donors (Lipinski definition) is 1. The van der Waals surface area contributed by atoms with Crippen LogP contribution in [0.15, 0.2) is 66.7 Å². The van der Waals surface area contributed by atoms with Gasteiger partial charge in [-0.15, -0.1) is 0 Å². The largest absolute Gasteiger partial charge is 0.489 e. The van der Waals surface area contributed by atoms with Gasteiger partial charge in [-0.3, -0.25) is 0 Å². The molecule has 0 amide bonds. The van der Waals surface area contributed by atoms with Crippen LogP contribution in [-0.4, -0.2) is 17.7 Å². The van der Waals surface area contributed by atoms with Gasteiger partial charge in [-0.1, -0.05) is 41.9 Å². The first-order valence-electron chi connectivity index (χ1n) is 9.42. The average molecular weight is 463 g/mol. The monoisotopic (exact) mass is 462 g/mol. The summed E-state index contributed by atoms with van der Waals surface area (Å²) in [5.74, 6) is -0.0211. The lowest BCUT2D eigenvalue weighted by molar-refractivity contribution is -0.137. The quantitative estimate of drug-likeness (QED) is 0.401. The van der Waals surface area contributed by atoms with Crippen molar-refractivity contribution in [3.8, 4) is 17.2 Å². The summed E-state index contributed by atoms with van der Waals surface area (Å²) in [4.78, 5) is 11.3. The molecule has 0 saturated heterocycles. The zero-order chi connectivity index (χ0) is 23.3. The number of rotatable bonds is 7. The molecule has 0 aliphatic rings. The number of carbonyl (C=O) groups is 1. The van der Waals surface area contributed by atoms with E-state index in [0.717, 1.165) is 12.1 Å². The van der Waals surface area contributed by atoms with Crippen LogP contribution in [0.1, 0.15) is 27.0 Å². The van der Waals surface area contributed by atoms with E-state index in [1.807, 2.05) is 0 Å². The number of carboxylic acids is 1. The average Bonchev–Trinajstić information content (AvgIpc) is 2.74. The highest BCUT2D eigenvalue weighted by Gasteiger charge is 2.29. The highest BCUT2D eigenvalue weighted by atomic mass is 35.5. The molecule has 0 aromatic heterocycles. The Bertz CT molecular complexity index is 1140.